The van der Waals surface area contributed by atoms with E-state index in [1.807, 2.05) is 0 Å². The van der Waals surface area contributed by atoms with Crippen LogP contribution >= 0.6 is 0 Å². The van der Waals surface area contributed by atoms with E-state index in [0.717, 1.165) is 6.07 Å². The SMILES string of the molecule is C[C@@H](O)[C@@H](N)c1ccc(F)c(C(F)(F)F)c1. The molecule has 0 aliphatic heterocycles. The Bertz CT molecular complexity index is 376. The van der Waals surface area contributed by atoms with Gasteiger partial charge in [-0.2, -0.15) is 13.2 Å². The summed E-state index contributed by atoms with van der Waals surface area (Å²) in [6, 6.07) is 1.47. The molecule has 1 aromatic carbocycles. The third-order valence-corrected chi connectivity index (χ3v) is 2.20. The van der Waals surface area contributed by atoms with Crippen LogP contribution in [-0.2, 0) is 6.18 Å². The maximum Gasteiger partial charge on any atom is 0.419 e. The van der Waals surface area contributed by atoms with Crippen LogP contribution in [0.1, 0.15) is 24.1 Å². The third kappa shape index (κ3) is 2.70. The quantitative estimate of drug-likeness (QED) is 0.775. The monoisotopic (exact) mass is 237 g/mol. The highest BCUT2D eigenvalue weighted by Crippen LogP contribution is 2.33. The Morgan fingerprint density at radius 3 is 2.31 bits per heavy atom. The first-order valence-corrected chi connectivity index (χ1v) is 4.53. The molecule has 6 heteroatoms. The van der Waals surface area contributed by atoms with Crippen LogP contribution < -0.4 is 5.73 Å². The minimum Gasteiger partial charge on any atom is -0.391 e. The minimum absolute atomic E-state index is 0.0451. The van der Waals surface area contributed by atoms with Crippen LogP contribution in [0.25, 0.3) is 0 Å². The van der Waals surface area contributed by atoms with Gasteiger partial charge in [-0.1, -0.05) is 6.07 Å². The maximum atomic E-state index is 12.9. The van der Waals surface area contributed by atoms with Crippen molar-refractivity contribution in [3.63, 3.8) is 0 Å². The second-order valence-corrected chi connectivity index (χ2v) is 3.50. The zero-order valence-electron chi connectivity index (χ0n) is 8.42. The number of hydrogen-bond acceptors (Lipinski definition) is 2. The summed E-state index contributed by atoms with van der Waals surface area (Å²) < 4.78 is 50.0. The fourth-order valence-corrected chi connectivity index (χ4v) is 1.25. The van der Waals surface area contributed by atoms with E-state index in [1.165, 1.54) is 6.92 Å². The van der Waals surface area contributed by atoms with Crippen molar-refractivity contribution in [3.8, 4) is 0 Å². The van der Waals surface area contributed by atoms with Gasteiger partial charge < -0.3 is 10.8 Å². The van der Waals surface area contributed by atoms with Crippen LogP contribution in [0.5, 0.6) is 0 Å². The summed E-state index contributed by atoms with van der Waals surface area (Å²) in [5.74, 6) is -1.35. The average molecular weight is 237 g/mol. The van der Waals surface area contributed by atoms with Crippen LogP contribution in [0.15, 0.2) is 18.2 Å². The van der Waals surface area contributed by atoms with Gasteiger partial charge in [-0.15, -0.1) is 0 Å². The average Bonchev–Trinajstić information content (AvgIpc) is 2.15. The lowest BCUT2D eigenvalue weighted by Crippen LogP contribution is -2.24. The van der Waals surface area contributed by atoms with E-state index < -0.39 is 29.7 Å². The maximum absolute atomic E-state index is 12.9. The van der Waals surface area contributed by atoms with Gasteiger partial charge >= 0.3 is 6.18 Å². The Labute approximate surface area is 89.7 Å². The molecule has 90 valence electrons. The molecule has 3 N–H and O–H groups in total. The highest BCUT2D eigenvalue weighted by atomic mass is 19.4. The molecule has 0 bridgehead atoms. The van der Waals surface area contributed by atoms with E-state index in [1.54, 1.807) is 0 Å². The molecule has 0 unspecified atom stereocenters. The summed E-state index contributed by atoms with van der Waals surface area (Å²) >= 11 is 0. The molecule has 0 aliphatic carbocycles. The lowest BCUT2D eigenvalue weighted by Gasteiger charge is -2.17. The molecule has 0 saturated heterocycles. The van der Waals surface area contributed by atoms with Crippen molar-refractivity contribution in [3.05, 3.63) is 35.1 Å². The van der Waals surface area contributed by atoms with Gasteiger partial charge in [0.1, 0.15) is 5.82 Å². The summed E-state index contributed by atoms with van der Waals surface area (Å²) in [5, 5.41) is 9.14. The Morgan fingerprint density at radius 2 is 1.88 bits per heavy atom. The van der Waals surface area contributed by atoms with Crippen LogP contribution in [0.4, 0.5) is 17.6 Å². The molecular weight excluding hydrogens is 226 g/mol. The van der Waals surface area contributed by atoms with E-state index in [-0.39, 0.29) is 5.56 Å². The predicted molar refractivity (Wildman–Crippen MR) is 50.0 cm³/mol. The summed E-state index contributed by atoms with van der Waals surface area (Å²) in [4.78, 5) is 0. The van der Waals surface area contributed by atoms with E-state index in [9.17, 15) is 17.6 Å². The van der Waals surface area contributed by atoms with Gasteiger partial charge in [0.2, 0.25) is 0 Å². The van der Waals surface area contributed by atoms with Crippen molar-refractivity contribution in [2.45, 2.75) is 25.2 Å². The summed E-state index contributed by atoms with van der Waals surface area (Å²) in [6.07, 6.45) is -5.77. The molecule has 0 spiro atoms. The normalized spacial score (nSPS) is 15.9. The fraction of sp³-hybridized carbons (Fsp3) is 0.400. The number of nitrogens with two attached hydrogens (primary N) is 1. The van der Waals surface area contributed by atoms with Gasteiger partial charge in [0.05, 0.1) is 17.7 Å². The highest BCUT2D eigenvalue weighted by Gasteiger charge is 2.34. The number of halogens is 4. The second kappa shape index (κ2) is 4.39. The molecule has 16 heavy (non-hydrogen) atoms. The first-order valence-electron chi connectivity index (χ1n) is 4.53. The predicted octanol–water partition coefficient (Wildman–Crippen LogP) is 2.23. The van der Waals surface area contributed by atoms with Gasteiger partial charge in [-0.05, 0) is 24.6 Å². The van der Waals surface area contributed by atoms with Crippen LogP contribution in [0.2, 0.25) is 0 Å². The van der Waals surface area contributed by atoms with E-state index in [0.29, 0.717) is 12.1 Å². The zero-order valence-corrected chi connectivity index (χ0v) is 8.42. The number of hydrogen-bond donors (Lipinski definition) is 2. The Hall–Kier alpha value is -1.14. The van der Waals surface area contributed by atoms with Crippen LogP contribution in [0, 0.1) is 5.82 Å². The summed E-state index contributed by atoms with van der Waals surface area (Å²) in [5.41, 5.74) is 4.13. The minimum atomic E-state index is -4.77. The largest absolute Gasteiger partial charge is 0.419 e. The Balaban J connectivity index is 3.18. The molecular formula is C10H11F4NO. The van der Waals surface area contributed by atoms with Crippen molar-refractivity contribution in [2.24, 2.45) is 5.73 Å². The molecule has 0 heterocycles. The van der Waals surface area contributed by atoms with Gasteiger partial charge in [-0.25, -0.2) is 4.39 Å². The number of alkyl halides is 3. The second-order valence-electron chi connectivity index (χ2n) is 3.50. The number of benzene rings is 1. The van der Waals surface area contributed by atoms with Crippen LogP contribution in [0.3, 0.4) is 0 Å². The van der Waals surface area contributed by atoms with Gasteiger partial charge in [-0.3, -0.25) is 0 Å². The Morgan fingerprint density at radius 1 is 1.31 bits per heavy atom. The highest BCUT2D eigenvalue weighted by molar-refractivity contribution is 5.29. The number of aliphatic hydroxyl groups is 1. The van der Waals surface area contributed by atoms with E-state index in [4.69, 9.17) is 10.8 Å². The van der Waals surface area contributed by atoms with Crippen molar-refractivity contribution >= 4 is 0 Å². The topological polar surface area (TPSA) is 46.2 Å². The standard InChI is InChI=1S/C10H11F4NO/c1-5(16)9(15)6-2-3-8(11)7(4-6)10(12,13)14/h2-5,9,16H,15H2,1H3/t5-,9-/m1/s1. The summed E-state index contributed by atoms with van der Waals surface area (Å²) in [7, 11) is 0. The molecule has 0 radical (unpaired) electrons. The molecule has 2 atom stereocenters. The van der Waals surface area contributed by atoms with Crippen molar-refractivity contribution in [2.75, 3.05) is 0 Å². The Kier molecular flexibility index (Phi) is 3.54. The molecule has 0 saturated carbocycles. The molecule has 0 amide bonds. The lowest BCUT2D eigenvalue weighted by molar-refractivity contribution is -0.140. The molecule has 0 aliphatic rings. The van der Waals surface area contributed by atoms with E-state index in [2.05, 4.69) is 0 Å². The first kappa shape index (κ1) is 12.9. The first-order chi connectivity index (χ1) is 7.23. The van der Waals surface area contributed by atoms with Gasteiger partial charge in [0, 0.05) is 0 Å². The van der Waals surface area contributed by atoms with E-state index >= 15 is 0 Å². The molecule has 0 fully saturated rings. The third-order valence-electron chi connectivity index (χ3n) is 2.20. The van der Waals surface area contributed by atoms with Gasteiger partial charge in [0.15, 0.2) is 0 Å². The molecule has 1 rings (SSSR count). The smallest absolute Gasteiger partial charge is 0.391 e. The lowest BCUT2D eigenvalue weighted by atomic mass is 10.0. The summed E-state index contributed by atoms with van der Waals surface area (Å²) in [6.45, 7) is 1.35. The van der Waals surface area contributed by atoms with Crippen molar-refractivity contribution in [1.29, 1.82) is 0 Å². The molecule has 0 aromatic heterocycles. The molecule has 1 aromatic rings. The zero-order chi connectivity index (χ0) is 12.5. The van der Waals surface area contributed by atoms with Crippen molar-refractivity contribution in [1.82, 2.24) is 0 Å². The molecule has 2 nitrogen and oxygen atoms in total. The van der Waals surface area contributed by atoms with Gasteiger partial charge in [0.25, 0.3) is 0 Å². The number of aliphatic hydroxyl groups excluding tert-OH is 1. The van der Waals surface area contributed by atoms with Crippen molar-refractivity contribution < 1.29 is 22.7 Å². The fourth-order valence-electron chi connectivity index (χ4n) is 1.25. The number of rotatable bonds is 2. The van der Waals surface area contributed by atoms with Crippen LogP contribution in [-0.4, -0.2) is 11.2 Å².